The van der Waals surface area contributed by atoms with Gasteiger partial charge in [-0.15, -0.1) is 5.10 Å². The van der Waals surface area contributed by atoms with E-state index in [-0.39, 0.29) is 11.9 Å². The fraction of sp³-hybridized carbons (Fsp3) is 0.269. The van der Waals surface area contributed by atoms with Gasteiger partial charge in [0.1, 0.15) is 11.6 Å². The van der Waals surface area contributed by atoms with Crippen LogP contribution in [0.5, 0.6) is 5.75 Å². The van der Waals surface area contributed by atoms with Gasteiger partial charge in [-0.1, -0.05) is 54.6 Å². The van der Waals surface area contributed by atoms with Crippen molar-refractivity contribution in [2.75, 3.05) is 38.2 Å². The highest BCUT2D eigenvalue weighted by molar-refractivity contribution is 5.48. The summed E-state index contributed by atoms with van der Waals surface area (Å²) in [7, 11) is 1.66. The number of anilines is 1. The molecule has 5 rings (SSSR count). The highest BCUT2D eigenvalue weighted by Crippen LogP contribution is 2.31. The molecule has 8 heteroatoms. The van der Waals surface area contributed by atoms with Crippen LogP contribution in [0.1, 0.15) is 23.0 Å². The van der Waals surface area contributed by atoms with E-state index in [1.807, 2.05) is 47.1 Å². The molecule has 34 heavy (non-hydrogen) atoms. The Morgan fingerprint density at radius 1 is 0.882 bits per heavy atom. The van der Waals surface area contributed by atoms with Crippen LogP contribution in [0.25, 0.3) is 0 Å². The Kier molecular flexibility index (Phi) is 6.49. The normalized spacial score (nSPS) is 15.3. The standard InChI is InChI=1S/C26H27FN6O/c1-34-22-13-11-21(12-14-22)25(26-28-29-30-33(26)19-20-7-3-2-4-8-20)32-17-15-31(16-18-32)24-10-6-5-9-23(24)27/h2-14,25H,15-19H2,1H3/t25-/m0/s1. The number of aromatic nitrogens is 4. The van der Waals surface area contributed by atoms with E-state index in [9.17, 15) is 4.39 Å². The molecular weight excluding hydrogens is 431 g/mol. The summed E-state index contributed by atoms with van der Waals surface area (Å²) in [5, 5.41) is 12.8. The molecule has 1 aliphatic heterocycles. The zero-order valence-electron chi connectivity index (χ0n) is 19.1. The quantitative estimate of drug-likeness (QED) is 0.420. The molecule has 0 spiro atoms. The number of tetrazole rings is 1. The molecule has 1 fully saturated rings. The molecule has 7 nitrogen and oxygen atoms in total. The lowest BCUT2D eigenvalue weighted by Crippen LogP contribution is -2.48. The molecule has 1 atom stereocenters. The average Bonchev–Trinajstić information content (AvgIpc) is 3.33. The summed E-state index contributed by atoms with van der Waals surface area (Å²) < 4.78 is 21.6. The van der Waals surface area contributed by atoms with E-state index >= 15 is 0 Å². The van der Waals surface area contributed by atoms with Crippen LogP contribution >= 0.6 is 0 Å². The second-order valence-corrected chi connectivity index (χ2v) is 8.33. The van der Waals surface area contributed by atoms with Gasteiger partial charge >= 0.3 is 0 Å². The van der Waals surface area contributed by atoms with E-state index < -0.39 is 0 Å². The Hall–Kier alpha value is -3.78. The van der Waals surface area contributed by atoms with Crippen molar-refractivity contribution in [2.24, 2.45) is 0 Å². The second-order valence-electron chi connectivity index (χ2n) is 8.33. The molecule has 1 aromatic heterocycles. The number of halogens is 1. The fourth-order valence-corrected chi connectivity index (χ4v) is 4.51. The maximum atomic E-state index is 14.4. The highest BCUT2D eigenvalue weighted by Gasteiger charge is 2.31. The Bertz CT molecular complexity index is 1210. The van der Waals surface area contributed by atoms with Crippen molar-refractivity contribution < 1.29 is 9.13 Å². The number of methoxy groups -OCH3 is 1. The van der Waals surface area contributed by atoms with E-state index in [2.05, 4.69) is 49.6 Å². The summed E-state index contributed by atoms with van der Waals surface area (Å²) >= 11 is 0. The van der Waals surface area contributed by atoms with Gasteiger partial charge in [0.25, 0.3) is 0 Å². The number of hydrogen-bond donors (Lipinski definition) is 0. The molecule has 1 aliphatic rings. The molecule has 4 aromatic rings. The number of rotatable bonds is 7. The van der Waals surface area contributed by atoms with Gasteiger partial charge in [0.15, 0.2) is 5.82 Å². The molecule has 2 heterocycles. The number of hydrogen-bond acceptors (Lipinski definition) is 6. The van der Waals surface area contributed by atoms with Gasteiger partial charge in [0.2, 0.25) is 0 Å². The number of piperazine rings is 1. The molecule has 0 radical (unpaired) electrons. The van der Waals surface area contributed by atoms with Crippen LogP contribution in [0.15, 0.2) is 78.9 Å². The smallest absolute Gasteiger partial charge is 0.173 e. The third-order valence-electron chi connectivity index (χ3n) is 6.28. The van der Waals surface area contributed by atoms with Crippen molar-refractivity contribution in [1.82, 2.24) is 25.1 Å². The lowest BCUT2D eigenvalue weighted by molar-refractivity contribution is 0.201. The predicted molar refractivity (Wildman–Crippen MR) is 128 cm³/mol. The minimum Gasteiger partial charge on any atom is -0.497 e. The summed E-state index contributed by atoms with van der Waals surface area (Å²) in [6, 6.07) is 25.0. The van der Waals surface area contributed by atoms with Crippen molar-refractivity contribution in [3.63, 3.8) is 0 Å². The van der Waals surface area contributed by atoms with E-state index in [0.29, 0.717) is 25.3 Å². The predicted octanol–water partition coefficient (Wildman–Crippen LogP) is 3.78. The Morgan fingerprint density at radius 2 is 1.59 bits per heavy atom. The summed E-state index contributed by atoms with van der Waals surface area (Å²) in [5.41, 5.74) is 2.87. The van der Waals surface area contributed by atoms with E-state index in [4.69, 9.17) is 4.74 Å². The fourth-order valence-electron chi connectivity index (χ4n) is 4.51. The van der Waals surface area contributed by atoms with Crippen LogP contribution < -0.4 is 9.64 Å². The number of benzene rings is 3. The van der Waals surface area contributed by atoms with Gasteiger partial charge in [-0.05, 0) is 45.8 Å². The van der Waals surface area contributed by atoms with Crippen LogP contribution in [0, 0.1) is 5.82 Å². The van der Waals surface area contributed by atoms with Crippen molar-refractivity contribution >= 4 is 5.69 Å². The number of nitrogens with zero attached hydrogens (tertiary/aromatic N) is 6. The largest absolute Gasteiger partial charge is 0.497 e. The average molecular weight is 459 g/mol. The second kappa shape index (κ2) is 10.0. The molecular formula is C26H27FN6O. The first-order valence-electron chi connectivity index (χ1n) is 11.4. The first-order chi connectivity index (χ1) is 16.7. The van der Waals surface area contributed by atoms with Crippen molar-refractivity contribution in [1.29, 1.82) is 0 Å². The highest BCUT2D eigenvalue weighted by atomic mass is 19.1. The van der Waals surface area contributed by atoms with Crippen molar-refractivity contribution in [2.45, 2.75) is 12.6 Å². The Morgan fingerprint density at radius 3 is 2.29 bits per heavy atom. The summed E-state index contributed by atoms with van der Waals surface area (Å²) in [6.45, 7) is 3.53. The minimum absolute atomic E-state index is 0.132. The van der Waals surface area contributed by atoms with Crippen molar-refractivity contribution in [3.05, 3.63) is 102 Å². The molecule has 0 amide bonds. The minimum atomic E-state index is -0.186. The summed E-state index contributed by atoms with van der Waals surface area (Å²) in [4.78, 5) is 4.47. The van der Waals surface area contributed by atoms with Gasteiger partial charge in [0, 0.05) is 26.2 Å². The molecule has 0 bridgehead atoms. The number of ether oxygens (including phenoxy) is 1. The third kappa shape index (κ3) is 4.63. The van der Waals surface area contributed by atoms with Crippen LogP contribution in [-0.4, -0.2) is 58.4 Å². The molecule has 0 aliphatic carbocycles. The van der Waals surface area contributed by atoms with Gasteiger partial charge in [-0.2, -0.15) is 0 Å². The van der Waals surface area contributed by atoms with Gasteiger partial charge < -0.3 is 9.64 Å². The molecule has 0 unspecified atom stereocenters. The molecule has 1 saturated heterocycles. The molecule has 174 valence electrons. The van der Waals surface area contributed by atoms with Crippen molar-refractivity contribution in [3.8, 4) is 5.75 Å². The SMILES string of the molecule is COc1ccc([C@@H](c2nnnn2Cc2ccccc2)N2CCN(c3ccccc3F)CC2)cc1. The van der Waals surface area contributed by atoms with E-state index in [1.165, 1.54) is 6.07 Å². The monoisotopic (exact) mass is 458 g/mol. The van der Waals surface area contributed by atoms with Gasteiger partial charge in [-0.3, -0.25) is 4.90 Å². The lowest BCUT2D eigenvalue weighted by atomic mass is 10.0. The van der Waals surface area contributed by atoms with Crippen LogP contribution in [0.4, 0.5) is 10.1 Å². The zero-order valence-corrected chi connectivity index (χ0v) is 19.1. The summed E-state index contributed by atoms with van der Waals surface area (Å²) in [6.07, 6.45) is 0. The van der Waals surface area contributed by atoms with E-state index in [1.54, 1.807) is 13.2 Å². The molecule has 0 N–H and O–H groups in total. The van der Waals surface area contributed by atoms with Crippen LogP contribution in [0.3, 0.4) is 0 Å². The molecule has 0 saturated carbocycles. The maximum absolute atomic E-state index is 14.4. The third-order valence-corrected chi connectivity index (χ3v) is 6.28. The topological polar surface area (TPSA) is 59.3 Å². The van der Waals surface area contributed by atoms with Gasteiger partial charge in [0.05, 0.1) is 25.4 Å². The van der Waals surface area contributed by atoms with Gasteiger partial charge in [-0.25, -0.2) is 9.07 Å². The Labute approximate surface area is 198 Å². The molecule has 3 aromatic carbocycles. The lowest BCUT2D eigenvalue weighted by Gasteiger charge is -2.40. The first kappa shape index (κ1) is 22.0. The number of para-hydroxylation sites is 1. The summed E-state index contributed by atoms with van der Waals surface area (Å²) in [5.74, 6) is 1.40. The van der Waals surface area contributed by atoms with Crippen LogP contribution in [-0.2, 0) is 6.54 Å². The maximum Gasteiger partial charge on any atom is 0.173 e. The zero-order chi connectivity index (χ0) is 23.3. The van der Waals surface area contributed by atoms with Crippen LogP contribution in [0.2, 0.25) is 0 Å². The van der Waals surface area contributed by atoms with E-state index in [0.717, 1.165) is 35.8 Å². The first-order valence-corrected chi connectivity index (χ1v) is 11.4. The Balaban J connectivity index is 1.43.